The fourth-order valence-corrected chi connectivity index (χ4v) is 3.71. The van der Waals surface area contributed by atoms with Gasteiger partial charge in [-0.3, -0.25) is 0 Å². The summed E-state index contributed by atoms with van der Waals surface area (Å²) < 4.78 is 35.4. The highest BCUT2D eigenvalue weighted by atomic mass is 16.9. The molecule has 7 heteroatoms. The van der Waals surface area contributed by atoms with E-state index in [9.17, 15) is 5.11 Å². The van der Waals surface area contributed by atoms with Crippen LogP contribution in [0.1, 0.15) is 40.0 Å². The molecule has 156 valence electrons. The average molecular weight is 386 g/mol. The van der Waals surface area contributed by atoms with Gasteiger partial charge in [0.2, 0.25) is 0 Å². The second-order valence-electron chi connectivity index (χ2n) is 7.35. The minimum atomic E-state index is -1.26. The molecule has 7 nitrogen and oxygen atoms in total. The number of aliphatic hydroxyl groups is 1. The van der Waals surface area contributed by atoms with Gasteiger partial charge in [0, 0.05) is 13.7 Å². The van der Waals surface area contributed by atoms with Crippen LogP contribution < -0.4 is 0 Å². The van der Waals surface area contributed by atoms with Gasteiger partial charge in [0.25, 0.3) is 0 Å². The van der Waals surface area contributed by atoms with Crippen molar-refractivity contribution in [3.05, 3.63) is 25.3 Å². The third-order valence-corrected chi connectivity index (χ3v) is 4.90. The van der Waals surface area contributed by atoms with E-state index >= 15 is 0 Å². The number of rotatable bonds is 12. The van der Waals surface area contributed by atoms with Crippen LogP contribution in [0.15, 0.2) is 25.3 Å². The van der Waals surface area contributed by atoms with Gasteiger partial charge in [0.1, 0.15) is 25.1 Å². The molecule has 0 bridgehead atoms. The predicted molar refractivity (Wildman–Crippen MR) is 100 cm³/mol. The number of aliphatic hydroxyl groups excluding tert-OH is 1. The maximum atomic E-state index is 10.9. The smallest absolute Gasteiger partial charge is 0.190 e. The van der Waals surface area contributed by atoms with Crippen molar-refractivity contribution < 1.29 is 33.5 Å². The fraction of sp³-hybridized carbons (Fsp3) is 0.800. The van der Waals surface area contributed by atoms with Crippen LogP contribution in [-0.2, 0) is 28.4 Å². The molecule has 0 aromatic heterocycles. The van der Waals surface area contributed by atoms with Crippen molar-refractivity contribution in [3.63, 3.8) is 0 Å². The Balaban J connectivity index is 2.41. The van der Waals surface area contributed by atoms with Crippen LogP contribution in [0.5, 0.6) is 0 Å². The molecule has 2 aliphatic heterocycles. The second-order valence-corrected chi connectivity index (χ2v) is 7.35. The Morgan fingerprint density at radius 2 is 1.96 bits per heavy atom. The molecule has 6 atom stereocenters. The summed E-state index contributed by atoms with van der Waals surface area (Å²) in [6, 6.07) is 0. The highest BCUT2D eigenvalue weighted by Gasteiger charge is 2.67. The molecule has 0 aromatic rings. The van der Waals surface area contributed by atoms with E-state index in [0.29, 0.717) is 13.0 Å². The van der Waals surface area contributed by atoms with Gasteiger partial charge in [0.15, 0.2) is 17.7 Å². The zero-order valence-corrected chi connectivity index (χ0v) is 16.9. The van der Waals surface area contributed by atoms with Crippen LogP contribution >= 0.6 is 0 Å². The van der Waals surface area contributed by atoms with E-state index in [1.807, 2.05) is 13.8 Å². The van der Waals surface area contributed by atoms with Crippen molar-refractivity contribution in [2.75, 3.05) is 20.5 Å². The van der Waals surface area contributed by atoms with Crippen molar-refractivity contribution in [2.45, 2.75) is 82.1 Å². The molecule has 2 heterocycles. The van der Waals surface area contributed by atoms with E-state index in [-0.39, 0.29) is 6.79 Å². The minimum Gasteiger partial charge on any atom is -0.386 e. The number of ether oxygens (including phenoxy) is 6. The Morgan fingerprint density at radius 3 is 2.56 bits per heavy atom. The Kier molecular flexibility index (Phi) is 8.00. The van der Waals surface area contributed by atoms with Crippen molar-refractivity contribution in [1.29, 1.82) is 0 Å². The molecular formula is C20H34O7. The minimum absolute atomic E-state index is 0.0394. The van der Waals surface area contributed by atoms with Crippen molar-refractivity contribution in [3.8, 4) is 0 Å². The molecule has 2 rings (SSSR count). The van der Waals surface area contributed by atoms with Gasteiger partial charge >= 0.3 is 0 Å². The van der Waals surface area contributed by atoms with Gasteiger partial charge in [-0.2, -0.15) is 0 Å². The van der Waals surface area contributed by atoms with Gasteiger partial charge in [-0.05, 0) is 26.7 Å². The second kappa shape index (κ2) is 9.60. The summed E-state index contributed by atoms with van der Waals surface area (Å²) in [6.07, 6.45) is 1.99. The van der Waals surface area contributed by atoms with E-state index < -0.39 is 42.1 Å². The first-order valence-electron chi connectivity index (χ1n) is 9.53. The summed E-state index contributed by atoms with van der Waals surface area (Å²) >= 11 is 0. The molecule has 2 aliphatic rings. The fourth-order valence-electron chi connectivity index (χ4n) is 3.71. The molecule has 2 unspecified atom stereocenters. The molecule has 0 spiro atoms. The lowest BCUT2D eigenvalue weighted by atomic mass is 9.82. The van der Waals surface area contributed by atoms with E-state index in [0.717, 1.165) is 12.8 Å². The summed E-state index contributed by atoms with van der Waals surface area (Å²) in [4.78, 5) is 0. The average Bonchev–Trinajstić information content (AvgIpc) is 3.08. The van der Waals surface area contributed by atoms with E-state index in [4.69, 9.17) is 28.4 Å². The molecular weight excluding hydrogens is 352 g/mol. The molecule has 0 amide bonds. The molecule has 0 saturated carbocycles. The zero-order valence-electron chi connectivity index (χ0n) is 16.9. The molecule has 0 radical (unpaired) electrons. The largest absolute Gasteiger partial charge is 0.386 e. The van der Waals surface area contributed by atoms with Crippen LogP contribution in [0, 0.1) is 0 Å². The summed E-state index contributed by atoms with van der Waals surface area (Å²) in [5, 5.41) is 10.9. The Bertz CT molecular complexity index is 495. The lowest BCUT2D eigenvalue weighted by Crippen LogP contribution is -2.62. The maximum absolute atomic E-state index is 10.9. The summed E-state index contributed by atoms with van der Waals surface area (Å²) in [5.41, 5.74) is -1.26. The quantitative estimate of drug-likeness (QED) is 0.314. The van der Waals surface area contributed by atoms with Crippen LogP contribution in [-0.4, -0.2) is 67.7 Å². The summed E-state index contributed by atoms with van der Waals surface area (Å²) in [6.45, 7) is 13.8. The molecule has 2 saturated heterocycles. The topological polar surface area (TPSA) is 75.6 Å². The van der Waals surface area contributed by atoms with Gasteiger partial charge < -0.3 is 33.5 Å². The van der Waals surface area contributed by atoms with E-state index in [1.54, 1.807) is 6.08 Å². The third kappa shape index (κ3) is 4.62. The molecule has 27 heavy (non-hydrogen) atoms. The first-order chi connectivity index (χ1) is 12.9. The number of hydrogen-bond acceptors (Lipinski definition) is 7. The van der Waals surface area contributed by atoms with Gasteiger partial charge in [0.05, 0.1) is 6.10 Å². The standard InChI is InChI=1S/C20H34O7/c1-7-10-12-23-17-16-18(26-19(4,5)25-16)27-20(17,14(21)9-3)15(11-8-2)24-13-22-6/h8-9,14-18,21H,2-3,7,10-13H2,1,4-6H3/t14?,15-,16+,17+,18-,20?/m0/s1. The normalized spacial score (nSPS) is 34.2. The monoisotopic (exact) mass is 386 g/mol. The Hall–Kier alpha value is -0.800. The van der Waals surface area contributed by atoms with Crippen LogP contribution in [0.2, 0.25) is 0 Å². The van der Waals surface area contributed by atoms with E-state index in [1.165, 1.54) is 13.2 Å². The Labute approximate surface area is 162 Å². The van der Waals surface area contributed by atoms with Crippen molar-refractivity contribution in [1.82, 2.24) is 0 Å². The van der Waals surface area contributed by atoms with Gasteiger partial charge in [-0.25, -0.2) is 0 Å². The third-order valence-electron chi connectivity index (χ3n) is 4.90. The highest BCUT2D eigenvalue weighted by molar-refractivity contribution is 5.16. The maximum Gasteiger partial charge on any atom is 0.190 e. The van der Waals surface area contributed by atoms with E-state index in [2.05, 4.69) is 20.1 Å². The van der Waals surface area contributed by atoms with Crippen molar-refractivity contribution in [2.24, 2.45) is 0 Å². The number of unbranched alkanes of at least 4 members (excludes halogenated alkanes) is 1. The molecule has 0 aromatic carbocycles. The van der Waals surface area contributed by atoms with Crippen LogP contribution in [0.4, 0.5) is 0 Å². The highest BCUT2D eigenvalue weighted by Crippen LogP contribution is 2.48. The van der Waals surface area contributed by atoms with Crippen molar-refractivity contribution >= 4 is 0 Å². The SMILES string of the molecule is C=CC[C@H](OCOC)C1(C(O)C=C)O[C@@H]2OC(C)(C)O[C@@H]2[C@H]1OCCCC. The van der Waals surface area contributed by atoms with Crippen LogP contribution in [0.25, 0.3) is 0 Å². The van der Waals surface area contributed by atoms with Gasteiger partial charge in [-0.1, -0.05) is 25.5 Å². The first kappa shape index (κ1) is 22.5. The Morgan fingerprint density at radius 1 is 1.22 bits per heavy atom. The summed E-state index contributed by atoms with van der Waals surface area (Å²) in [5.74, 6) is -0.797. The van der Waals surface area contributed by atoms with Gasteiger partial charge in [-0.15, -0.1) is 13.2 Å². The predicted octanol–water partition coefficient (Wildman–Crippen LogP) is 2.53. The first-order valence-corrected chi connectivity index (χ1v) is 9.53. The molecule has 1 N–H and O–H groups in total. The number of fused-ring (bicyclic) bond motifs is 1. The zero-order chi connectivity index (χ0) is 20.1. The lowest BCUT2D eigenvalue weighted by Gasteiger charge is -2.43. The lowest BCUT2D eigenvalue weighted by molar-refractivity contribution is -0.290. The molecule has 0 aliphatic carbocycles. The number of methoxy groups -OCH3 is 1. The van der Waals surface area contributed by atoms with Crippen LogP contribution in [0.3, 0.4) is 0 Å². The molecule has 2 fully saturated rings. The number of hydrogen-bond donors (Lipinski definition) is 1. The summed E-state index contributed by atoms with van der Waals surface area (Å²) in [7, 11) is 1.54.